The van der Waals surface area contributed by atoms with Gasteiger partial charge in [0.1, 0.15) is 5.57 Å². The second-order valence-electron chi connectivity index (χ2n) is 3.91. The lowest BCUT2D eigenvalue weighted by molar-refractivity contribution is -0.123. The van der Waals surface area contributed by atoms with Gasteiger partial charge in [0.2, 0.25) is 0 Å². The molecule has 82 valence electrons. The summed E-state index contributed by atoms with van der Waals surface area (Å²) < 4.78 is 0. The summed E-state index contributed by atoms with van der Waals surface area (Å²) in [4.78, 5) is 26.5. The smallest absolute Gasteiger partial charge is 0.309 e. The fourth-order valence-corrected chi connectivity index (χ4v) is 2.26. The SMILES string of the molecule is [N-]=[N+]=C1Cc2ccccc2C2=C1C(=O)NC2=O. The summed E-state index contributed by atoms with van der Waals surface area (Å²) in [6, 6.07) is 7.28. The molecule has 0 radical (unpaired) electrons. The fraction of sp³-hybridized carbons (Fsp3) is 0.0833. The molecule has 1 aliphatic carbocycles. The van der Waals surface area contributed by atoms with Gasteiger partial charge in [-0.3, -0.25) is 14.9 Å². The van der Waals surface area contributed by atoms with Gasteiger partial charge in [0.15, 0.2) is 0 Å². The van der Waals surface area contributed by atoms with E-state index in [9.17, 15) is 9.59 Å². The minimum atomic E-state index is -0.493. The molecule has 0 atom stereocenters. The van der Waals surface area contributed by atoms with Gasteiger partial charge in [0.05, 0.1) is 12.0 Å². The summed E-state index contributed by atoms with van der Waals surface area (Å²) in [5.41, 5.74) is 11.3. The van der Waals surface area contributed by atoms with Crippen molar-refractivity contribution in [1.82, 2.24) is 5.32 Å². The van der Waals surface area contributed by atoms with Gasteiger partial charge < -0.3 is 5.53 Å². The van der Waals surface area contributed by atoms with Gasteiger partial charge >= 0.3 is 5.71 Å². The molecule has 17 heavy (non-hydrogen) atoms. The van der Waals surface area contributed by atoms with E-state index in [4.69, 9.17) is 5.53 Å². The van der Waals surface area contributed by atoms with E-state index < -0.39 is 11.8 Å². The molecule has 1 aliphatic heterocycles. The van der Waals surface area contributed by atoms with Crippen LogP contribution in [0.15, 0.2) is 29.8 Å². The lowest BCUT2D eigenvalue weighted by Gasteiger charge is -2.12. The maximum absolute atomic E-state index is 11.7. The molecule has 0 spiro atoms. The first-order valence-electron chi connectivity index (χ1n) is 5.12. The topological polar surface area (TPSA) is 82.6 Å². The monoisotopic (exact) mass is 225 g/mol. The van der Waals surface area contributed by atoms with Crippen molar-refractivity contribution in [1.29, 1.82) is 0 Å². The number of benzene rings is 1. The van der Waals surface area contributed by atoms with E-state index in [1.54, 1.807) is 12.1 Å². The molecule has 1 heterocycles. The Morgan fingerprint density at radius 3 is 2.59 bits per heavy atom. The fourth-order valence-electron chi connectivity index (χ4n) is 2.26. The Kier molecular flexibility index (Phi) is 1.84. The van der Waals surface area contributed by atoms with Crippen LogP contribution in [0.4, 0.5) is 0 Å². The highest BCUT2D eigenvalue weighted by atomic mass is 16.2. The van der Waals surface area contributed by atoms with Crippen LogP contribution >= 0.6 is 0 Å². The minimum absolute atomic E-state index is 0.191. The largest absolute Gasteiger partial charge is 0.361 e. The second kappa shape index (κ2) is 3.23. The first kappa shape index (κ1) is 9.69. The number of fused-ring (bicyclic) bond motifs is 2. The number of carbonyl (C=O) groups excluding carboxylic acids is 2. The summed E-state index contributed by atoms with van der Waals surface area (Å²) >= 11 is 0. The van der Waals surface area contributed by atoms with E-state index in [0.717, 1.165) is 11.1 Å². The molecule has 1 aromatic rings. The van der Waals surface area contributed by atoms with E-state index in [0.29, 0.717) is 12.0 Å². The average Bonchev–Trinajstić information content (AvgIpc) is 2.65. The highest BCUT2D eigenvalue weighted by molar-refractivity contribution is 6.45. The van der Waals surface area contributed by atoms with Crippen LogP contribution in [0.25, 0.3) is 11.1 Å². The zero-order chi connectivity index (χ0) is 12.0. The molecule has 1 aromatic carbocycles. The molecular formula is C12H7N3O2. The highest BCUT2D eigenvalue weighted by Gasteiger charge is 2.42. The summed E-state index contributed by atoms with van der Waals surface area (Å²) in [6.07, 6.45) is 0.353. The Morgan fingerprint density at radius 1 is 1.12 bits per heavy atom. The first-order valence-corrected chi connectivity index (χ1v) is 5.12. The van der Waals surface area contributed by atoms with Gasteiger partial charge in [-0.05, 0) is 11.1 Å². The number of rotatable bonds is 0. The molecule has 0 saturated heterocycles. The molecular weight excluding hydrogens is 218 g/mol. The molecule has 5 nitrogen and oxygen atoms in total. The van der Waals surface area contributed by atoms with Crippen molar-refractivity contribution in [3.8, 4) is 0 Å². The quantitative estimate of drug-likeness (QED) is 0.392. The Morgan fingerprint density at radius 2 is 1.82 bits per heavy atom. The summed E-state index contributed by atoms with van der Waals surface area (Å²) in [5, 5.41) is 2.22. The van der Waals surface area contributed by atoms with Gasteiger partial charge in [-0.1, -0.05) is 24.3 Å². The normalized spacial score (nSPS) is 17.5. The lowest BCUT2D eigenvalue weighted by atomic mass is 9.85. The minimum Gasteiger partial charge on any atom is -0.361 e. The van der Waals surface area contributed by atoms with Crippen LogP contribution in [0.3, 0.4) is 0 Å². The Bertz CT molecular complexity index is 651. The molecule has 0 fully saturated rings. The van der Waals surface area contributed by atoms with Gasteiger partial charge in [0, 0.05) is 0 Å². The number of imide groups is 1. The zero-order valence-corrected chi connectivity index (χ0v) is 8.73. The Labute approximate surface area is 96.4 Å². The predicted molar refractivity (Wildman–Crippen MR) is 58.8 cm³/mol. The van der Waals surface area contributed by atoms with Gasteiger partial charge in [-0.15, -0.1) is 0 Å². The summed E-state index contributed by atoms with van der Waals surface area (Å²) in [7, 11) is 0. The van der Waals surface area contributed by atoms with Crippen molar-refractivity contribution in [3.05, 3.63) is 46.5 Å². The molecule has 1 N–H and O–H groups in total. The maximum Gasteiger partial charge on any atom is 0.309 e. The third-order valence-corrected chi connectivity index (χ3v) is 2.99. The van der Waals surface area contributed by atoms with Crippen LogP contribution in [0.1, 0.15) is 11.1 Å². The molecule has 5 heteroatoms. The van der Waals surface area contributed by atoms with E-state index in [2.05, 4.69) is 10.1 Å². The predicted octanol–water partition coefficient (Wildman–Crippen LogP) is 0.323. The maximum atomic E-state index is 11.7. The lowest BCUT2D eigenvalue weighted by Crippen LogP contribution is -2.25. The molecule has 0 saturated carbocycles. The van der Waals surface area contributed by atoms with Crippen molar-refractivity contribution in [2.75, 3.05) is 0 Å². The van der Waals surface area contributed by atoms with E-state index >= 15 is 0 Å². The van der Waals surface area contributed by atoms with E-state index in [-0.39, 0.29) is 11.3 Å². The van der Waals surface area contributed by atoms with Crippen molar-refractivity contribution < 1.29 is 14.4 Å². The molecule has 0 unspecified atom stereocenters. The number of hydrogen-bond donors (Lipinski definition) is 1. The Hall–Kier alpha value is -2.52. The molecule has 3 rings (SSSR count). The molecule has 0 aromatic heterocycles. The summed E-state index contributed by atoms with van der Waals surface area (Å²) in [5.74, 6) is -0.925. The van der Waals surface area contributed by atoms with Gasteiger partial charge in [0.25, 0.3) is 11.8 Å². The van der Waals surface area contributed by atoms with Crippen molar-refractivity contribution in [2.45, 2.75) is 6.42 Å². The van der Waals surface area contributed by atoms with E-state index in [1.807, 2.05) is 12.1 Å². The first-order chi connectivity index (χ1) is 8.22. The van der Waals surface area contributed by atoms with Crippen LogP contribution in [0.2, 0.25) is 0 Å². The van der Waals surface area contributed by atoms with Crippen LogP contribution in [0.5, 0.6) is 0 Å². The van der Waals surface area contributed by atoms with Crippen molar-refractivity contribution in [3.63, 3.8) is 0 Å². The summed E-state index contributed by atoms with van der Waals surface area (Å²) in [6.45, 7) is 0. The molecule has 2 amide bonds. The molecule has 2 aliphatic rings. The average molecular weight is 225 g/mol. The zero-order valence-electron chi connectivity index (χ0n) is 8.73. The van der Waals surface area contributed by atoms with Crippen LogP contribution in [0, 0.1) is 0 Å². The highest BCUT2D eigenvalue weighted by Crippen LogP contribution is 2.32. The third-order valence-electron chi connectivity index (χ3n) is 2.99. The number of carbonyl (C=O) groups is 2. The third kappa shape index (κ3) is 1.20. The van der Waals surface area contributed by atoms with Crippen LogP contribution in [-0.4, -0.2) is 22.3 Å². The number of nitrogens with zero attached hydrogens (tertiary/aromatic N) is 2. The van der Waals surface area contributed by atoms with Crippen molar-refractivity contribution >= 4 is 23.1 Å². The van der Waals surface area contributed by atoms with Gasteiger partial charge in [-0.25, -0.2) is 0 Å². The Balaban J connectivity index is 2.38. The van der Waals surface area contributed by atoms with Gasteiger partial charge in [-0.2, -0.15) is 4.79 Å². The van der Waals surface area contributed by atoms with Crippen LogP contribution < -0.4 is 5.32 Å². The second-order valence-corrected chi connectivity index (χ2v) is 3.91. The standard InChI is InChI=1S/C12H7N3O2/c13-15-8-5-6-3-1-2-4-7(6)9-10(8)12(17)14-11(9)16/h1-4H,5H2,(H,14,16,17). The number of amides is 2. The molecule has 0 bridgehead atoms. The number of nitrogens with one attached hydrogen (secondary N) is 1. The number of hydrogen-bond acceptors (Lipinski definition) is 2. The van der Waals surface area contributed by atoms with Crippen LogP contribution in [-0.2, 0) is 16.0 Å². The van der Waals surface area contributed by atoms with Crippen molar-refractivity contribution in [2.24, 2.45) is 0 Å². The van der Waals surface area contributed by atoms with E-state index in [1.165, 1.54) is 0 Å².